The number of hydrogen-bond acceptors (Lipinski definition) is 3. The standard InChI is InChI=1S/C18H22N2S/c1-12-8-10-18(19,11-9-12)17-20-16-14-5-3-2-4-13(14)6-7-15(16)21-17/h2-5,12H,6-11,19H2,1H3. The van der Waals surface area contributed by atoms with E-state index in [-0.39, 0.29) is 5.54 Å². The lowest BCUT2D eigenvalue weighted by atomic mass is 9.78. The van der Waals surface area contributed by atoms with E-state index in [4.69, 9.17) is 10.7 Å². The van der Waals surface area contributed by atoms with E-state index >= 15 is 0 Å². The number of thiazole rings is 1. The molecule has 1 heterocycles. The third-order valence-electron chi connectivity index (χ3n) is 5.18. The molecule has 0 spiro atoms. The maximum Gasteiger partial charge on any atom is 0.113 e. The van der Waals surface area contributed by atoms with Crippen LogP contribution in [-0.4, -0.2) is 4.98 Å². The molecule has 3 heteroatoms. The Morgan fingerprint density at radius 2 is 1.95 bits per heavy atom. The zero-order valence-corrected chi connectivity index (χ0v) is 13.4. The lowest BCUT2D eigenvalue weighted by Crippen LogP contribution is -2.40. The highest BCUT2D eigenvalue weighted by atomic mass is 32.1. The molecule has 4 rings (SSSR count). The van der Waals surface area contributed by atoms with Crippen LogP contribution in [0.15, 0.2) is 24.3 Å². The summed E-state index contributed by atoms with van der Waals surface area (Å²) in [5, 5.41) is 1.18. The summed E-state index contributed by atoms with van der Waals surface area (Å²) in [6, 6.07) is 8.69. The van der Waals surface area contributed by atoms with E-state index in [1.54, 1.807) is 0 Å². The Morgan fingerprint density at radius 3 is 2.76 bits per heavy atom. The minimum atomic E-state index is -0.177. The highest BCUT2D eigenvalue weighted by molar-refractivity contribution is 7.12. The average Bonchev–Trinajstić information content (AvgIpc) is 2.96. The quantitative estimate of drug-likeness (QED) is 0.853. The molecule has 0 amide bonds. The van der Waals surface area contributed by atoms with E-state index in [0.717, 1.165) is 31.6 Å². The van der Waals surface area contributed by atoms with Gasteiger partial charge in [0.25, 0.3) is 0 Å². The number of nitrogens with two attached hydrogens (primary N) is 1. The first-order valence-corrected chi connectivity index (χ1v) is 8.85. The molecule has 2 aromatic rings. The van der Waals surface area contributed by atoms with Gasteiger partial charge in [-0.1, -0.05) is 31.2 Å². The van der Waals surface area contributed by atoms with Crippen LogP contribution in [0.5, 0.6) is 0 Å². The van der Waals surface area contributed by atoms with Crippen molar-refractivity contribution in [1.82, 2.24) is 4.98 Å². The fourth-order valence-electron chi connectivity index (χ4n) is 3.65. The van der Waals surface area contributed by atoms with Gasteiger partial charge in [0.1, 0.15) is 5.01 Å². The Morgan fingerprint density at radius 1 is 1.19 bits per heavy atom. The average molecular weight is 298 g/mol. The van der Waals surface area contributed by atoms with Crippen molar-refractivity contribution in [2.24, 2.45) is 11.7 Å². The molecule has 0 unspecified atom stereocenters. The lowest BCUT2D eigenvalue weighted by Gasteiger charge is -2.34. The Balaban J connectivity index is 1.73. The molecule has 2 nitrogen and oxygen atoms in total. The summed E-state index contributed by atoms with van der Waals surface area (Å²) < 4.78 is 0. The molecule has 1 aromatic carbocycles. The van der Waals surface area contributed by atoms with E-state index in [0.29, 0.717) is 0 Å². The molecule has 21 heavy (non-hydrogen) atoms. The van der Waals surface area contributed by atoms with Crippen molar-refractivity contribution in [3.8, 4) is 11.3 Å². The smallest absolute Gasteiger partial charge is 0.113 e. The van der Waals surface area contributed by atoms with Crippen molar-refractivity contribution >= 4 is 11.3 Å². The summed E-state index contributed by atoms with van der Waals surface area (Å²) in [5.74, 6) is 0.817. The Labute approximate surface area is 130 Å². The summed E-state index contributed by atoms with van der Waals surface area (Å²) in [7, 11) is 0. The second-order valence-electron chi connectivity index (χ2n) is 6.79. The molecule has 1 saturated carbocycles. The van der Waals surface area contributed by atoms with Crippen LogP contribution in [0.3, 0.4) is 0 Å². The van der Waals surface area contributed by atoms with Crippen molar-refractivity contribution in [2.45, 2.75) is 51.0 Å². The van der Waals surface area contributed by atoms with Crippen LogP contribution in [0, 0.1) is 5.92 Å². The number of fused-ring (bicyclic) bond motifs is 3. The number of rotatable bonds is 1. The summed E-state index contributed by atoms with van der Waals surface area (Å²) in [6.07, 6.45) is 6.90. The second kappa shape index (κ2) is 4.92. The molecule has 2 aliphatic rings. The first-order valence-electron chi connectivity index (χ1n) is 8.03. The van der Waals surface area contributed by atoms with Gasteiger partial charge in [0.05, 0.1) is 11.2 Å². The van der Waals surface area contributed by atoms with Crippen LogP contribution in [-0.2, 0) is 18.4 Å². The fraction of sp³-hybridized carbons (Fsp3) is 0.500. The third kappa shape index (κ3) is 2.23. The zero-order chi connectivity index (χ0) is 14.4. The molecule has 1 aromatic heterocycles. The lowest BCUT2D eigenvalue weighted by molar-refractivity contribution is 0.247. The minimum Gasteiger partial charge on any atom is -0.319 e. The number of benzene rings is 1. The predicted molar refractivity (Wildman–Crippen MR) is 88.5 cm³/mol. The first-order chi connectivity index (χ1) is 10.2. The fourth-order valence-corrected chi connectivity index (χ4v) is 4.89. The monoisotopic (exact) mass is 298 g/mol. The molecule has 0 aliphatic heterocycles. The number of nitrogens with zero attached hydrogens (tertiary/aromatic N) is 1. The van der Waals surface area contributed by atoms with Crippen LogP contribution in [0.2, 0.25) is 0 Å². The van der Waals surface area contributed by atoms with Gasteiger partial charge in [-0.15, -0.1) is 11.3 Å². The summed E-state index contributed by atoms with van der Waals surface area (Å²) in [4.78, 5) is 6.44. The van der Waals surface area contributed by atoms with Crippen molar-refractivity contribution in [1.29, 1.82) is 0 Å². The predicted octanol–water partition coefficient (Wildman–Crippen LogP) is 4.27. The van der Waals surface area contributed by atoms with E-state index in [1.165, 1.54) is 39.5 Å². The van der Waals surface area contributed by atoms with Gasteiger partial charge in [0.2, 0.25) is 0 Å². The highest BCUT2D eigenvalue weighted by Crippen LogP contribution is 2.43. The Bertz CT molecular complexity index is 666. The second-order valence-corrected chi connectivity index (χ2v) is 7.87. The molecule has 110 valence electrons. The van der Waals surface area contributed by atoms with E-state index in [9.17, 15) is 0 Å². The van der Waals surface area contributed by atoms with Crippen molar-refractivity contribution in [2.75, 3.05) is 0 Å². The SMILES string of the molecule is CC1CCC(N)(c2nc3c(s2)CCc2ccccc2-3)CC1. The first kappa shape index (κ1) is 13.5. The van der Waals surface area contributed by atoms with Crippen LogP contribution in [0.1, 0.15) is 48.1 Å². The highest BCUT2D eigenvalue weighted by Gasteiger charge is 2.36. The van der Waals surface area contributed by atoms with Crippen LogP contribution < -0.4 is 5.73 Å². The van der Waals surface area contributed by atoms with Gasteiger partial charge in [0, 0.05) is 10.4 Å². The van der Waals surface area contributed by atoms with Crippen LogP contribution in [0.25, 0.3) is 11.3 Å². The van der Waals surface area contributed by atoms with Crippen LogP contribution >= 0.6 is 11.3 Å². The maximum absolute atomic E-state index is 6.72. The Hall–Kier alpha value is -1.19. The van der Waals surface area contributed by atoms with Gasteiger partial charge in [-0.2, -0.15) is 0 Å². The molecule has 1 fully saturated rings. The van der Waals surface area contributed by atoms with Gasteiger partial charge in [-0.3, -0.25) is 0 Å². The molecule has 0 atom stereocenters. The van der Waals surface area contributed by atoms with Crippen molar-refractivity contribution in [3.63, 3.8) is 0 Å². The van der Waals surface area contributed by atoms with Gasteiger partial charge in [-0.05, 0) is 50.0 Å². The molecule has 0 saturated heterocycles. The molecular weight excluding hydrogens is 276 g/mol. The molecular formula is C18H22N2S. The number of aryl methyl sites for hydroxylation is 2. The van der Waals surface area contributed by atoms with Crippen LogP contribution in [0.4, 0.5) is 0 Å². The van der Waals surface area contributed by atoms with Gasteiger partial charge in [-0.25, -0.2) is 4.98 Å². The van der Waals surface area contributed by atoms with Crippen molar-refractivity contribution < 1.29 is 0 Å². The Kier molecular flexibility index (Phi) is 3.16. The van der Waals surface area contributed by atoms with Gasteiger partial charge < -0.3 is 5.73 Å². The number of aromatic nitrogens is 1. The van der Waals surface area contributed by atoms with Crippen molar-refractivity contribution in [3.05, 3.63) is 39.7 Å². The van der Waals surface area contributed by atoms with E-state index < -0.39 is 0 Å². The minimum absolute atomic E-state index is 0.177. The molecule has 0 radical (unpaired) electrons. The van der Waals surface area contributed by atoms with Gasteiger partial charge >= 0.3 is 0 Å². The summed E-state index contributed by atoms with van der Waals surface area (Å²) in [6.45, 7) is 2.34. The normalized spacial score (nSPS) is 28.0. The molecule has 2 aliphatic carbocycles. The van der Waals surface area contributed by atoms with Gasteiger partial charge in [0.15, 0.2) is 0 Å². The molecule has 0 bridgehead atoms. The largest absolute Gasteiger partial charge is 0.319 e. The third-order valence-corrected chi connectivity index (χ3v) is 6.52. The maximum atomic E-state index is 6.72. The molecule has 2 N–H and O–H groups in total. The zero-order valence-electron chi connectivity index (χ0n) is 12.6. The summed E-state index contributed by atoms with van der Waals surface area (Å²) in [5.41, 5.74) is 10.5. The number of hydrogen-bond donors (Lipinski definition) is 1. The van der Waals surface area contributed by atoms with E-state index in [1.807, 2.05) is 11.3 Å². The van der Waals surface area contributed by atoms with E-state index in [2.05, 4.69) is 31.2 Å². The summed E-state index contributed by atoms with van der Waals surface area (Å²) >= 11 is 1.87. The topological polar surface area (TPSA) is 38.9 Å².